The van der Waals surface area contributed by atoms with Gasteiger partial charge in [0.1, 0.15) is 6.04 Å². The number of carbonyl (C=O) groups excluding carboxylic acids is 2. The van der Waals surface area contributed by atoms with Crippen molar-refractivity contribution in [3.8, 4) is 11.5 Å². The van der Waals surface area contributed by atoms with Crippen molar-refractivity contribution in [3.63, 3.8) is 0 Å². The van der Waals surface area contributed by atoms with Crippen LogP contribution in [0.15, 0.2) is 18.2 Å². The molecule has 1 rings (SSSR count). The molecule has 0 aliphatic rings. The number of hydrogen-bond acceptors (Lipinski definition) is 5. The smallest absolute Gasteiger partial charge is 0.326 e. The predicted octanol–water partition coefficient (Wildman–Crippen LogP) is -0.844. The van der Waals surface area contributed by atoms with Crippen LogP contribution in [0.5, 0.6) is 11.5 Å². The first-order valence-electron chi connectivity index (χ1n) is 5.16. The van der Waals surface area contributed by atoms with Crippen molar-refractivity contribution in [2.45, 2.75) is 12.5 Å². The summed E-state index contributed by atoms with van der Waals surface area (Å²) in [6.45, 7) is 0. The molecule has 0 spiro atoms. The number of carbonyl (C=O) groups is 3. The number of aromatic hydroxyl groups is 2. The molecule has 6 N–H and O–H groups in total. The SMILES string of the molecule is NC(=O)C[C@@H](NC(=O)c1cccc(O)c1O)C(=O)O. The first-order chi connectivity index (χ1) is 8.82. The normalized spacial score (nSPS) is 11.6. The van der Waals surface area contributed by atoms with E-state index in [1.165, 1.54) is 12.1 Å². The number of amides is 2. The predicted molar refractivity (Wildman–Crippen MR) is 62.5 cm³/mol. The van der Waals surface area contributed by atoms with Crippen LogP contribution >= 0.6 is 0 Å². The minimum atomic E-state index is -1.51. The number of carboxylic acids is 1. The molecule has 0 heterocycles. The van der Waals surface area contributed by atoms with Gasteiger partial charge in [-0.15, -0.1) is 0 Å². The number of phenols is 2. The van der Waals surface area contributed by atoms with Gasteiger partial charge in [0, 0.05) is 0 Å². The minimum absolute atomic E-state index is 0.310. The molecule has 0 radical (unpaired) electrons. The molecule has 0 saturated carbocycles. The number of hydrogen-bond donors (Lipinski definition) is 5. The largest absolute Gasteiger partial charge is 0.504 e. The Kier molecular flexibility index (Phi) is 4.30. The Morgan fingerprint density at radius 3 is 2.42 bits per heavy atom. The second-order valence-corrected chi connectivity index (χ2v) is 3.71. The number of primary amides is 1. The number of benzene rings is 1. The summed E-state index contributed by atoms with van der Waals surface area (Å²) in [4.78, 5) is 33.2. The summed E-state index contributed by atoms with van der Waals surface area (Å²) >= 11 is 0. The summed E-state index contributed by atoms with van der Waals surface area (Å²) in [6, 6.07) is 2.14. The number of nitrogens with two attached hydrogens (primary N) is 1. The van der Waals surface area contributed by atoms with E-state index in [1.54, 1.807) is 0 Å². The molecular formula is C11H12N2O6. The van der Waals surface area contributed by atoms with Crippen molar-refractivity contribution in [2.75, 3.05) is 0 Å². The van der Waals surface area contributed by atoms with Gasteiger partial charge in [-0.1, -0.05) is 6.07 Å². The van der Waals surface area contributed by atoms with Crippen LogP contribution in [0.1, 0.15) is 16.8 Å². The first-order valence-corrected chi connectivity index (χ1v) is 5.16. The maximum absolute atomic E-state index is 11.7. The van der Waals surface area contributed by atoms with Gasteiger partial charge in [-0.3, -0.25) is 9.59 Å². The second-order valence-electron chi connectivity index (χ2n) is 3.71. The Bertz CT molecular complexity index is 528. The molecule has 8 heteroatoms. The third-order valence-electron chi connectivity index (χ3n) is 2.27. The summed E-state index contributed by atoms with van der Waals surface area (Å²) in [6.07, 6.45) is -0.583. The van der Waals surface area contributed by atoms with Crippen molar-refractivity contribution in [1.29, 1.82) is 0 Å². The summed E-state index contributed by atoms with van der Waals surface area (Å²) in [5.41, 5.74) is 4.55. The van der Waals surface area contributed by atoms with Gasteiger partial charge < -0.3 is 26.4 Å². The quantitative estimate of drug-likeness (QED) is 0.439. The molecule has 19 heavy (non-hydrogen) atoms. The van der Waals surface area contributed by atoms with E-state index in [-0.39, 0.29) is 5.56 Å². The van der Waals surface area contributed by atoms with Crippen molar-refractivity contribution in [1.82, 2.24) is 5.32 Å². The number of carboxylic acid groups (broad SMARTS) is 1. The van der Waals surface area contributed by atoms with Crippen LogP contribution in [0.3, 0.4) is 0 Å². The van der Waals surface area contributed by atoms with Gasteiger partial charge in [0.05, 0.1) is 12.0 Å². The fourth-order valence-corrected chi connectivity index (χ4v) is 1.35. The highest BCUT2D eigenvalue weighted by atomic mass is 16.4. The number of nitrogens with one attached hydrogen (secondary N) is 1. The van der Waals surface area contributed by atoms with Crippen molar-refractivity contribution >= 4 is 17.8 Å². The van der Waals surface area contributed by atoms with Gasteiger partial charge in [0.25, 0.3) is 5.91 Å². The summed E-state index contributed by atoms with van der Waals surface area (Å²) in [5, 5.41) is 29.5. The molecule has 0 aliphatic heterocycles. The van der Waals surface area contributed by atoms with Crippen LogP contribution in [-0.4, -0.2) is 39.1 Å². The van der Waals surface area contributed by atoms with E-state index in [2.05, 4.69) is 0 Å². The lowest BCUT2D eigenvalue weighted by Gasteiger charge is -2.13. The zero-order valence-electron chi connectivity index (χ0n) is 9.66. The van der Waals surface area contributed by atoms with Crippen LogP contribution in [-0.2, 0) is 9.59 Å². The Morgan fingerprint density at radius 1 is 1.26 bits per heavy atom. The van der Waals surface area contributed by atoms with E-state index in [0.717, 1.165) is 6.07 Å². The number of para-hydroxylation sites is 1. The second kappa shape index (κ2) is 5.71. The zero-order chi connectivity index (χ0) is 14.6. The Hall–Kier alpha value is -2.77. The molecule has 0 bridgehead atoms. The van der Waals surface area contributed by atoms with Crippen LogP contribution in [0.2, 0.25) is 0 Å². The lowest BCUT2D eigenvalue weighted by atomic mass is 10.1. The maximum Gasteiger partial charge on any atom is 0.326 e. The summed E-state index contributed by atoms with van der Waals surface area (Å²) in [5.74, 6) is -4.47. The third kappa shape index (κ3) is 3.60. The molecule has 8 nitrogen and oxygen atoms in total. The van der Waals surface area contributed by atoms with E-state index < -0.39 is 41.7 Å². The summed E-state index contributed by atoms with van der Waals surface area (Å²) in [7, 11) is 0. The lowest BCUT2D eigenvalue weighted by Crippen LogP contribution is -2.43. The number of rotatable bonds is 5. The highest BCUT2D eigenvalue weighted by Gasteiger charge is 2.24. The third-order valence-corrected chi connectivity index (χ3v) is 2.27. The fraction of sp³-hybridized carbons (Fsp3) is 0.182. The van der Waals surface area contributed by atoms with E-state index in [9.17, 15) is 24.6 Å². The molecule has 0 unspecified atom stereocenters. The molecule has 0 aliphatic carbocycles. The average Bonchev–Trinajstić information content (AvgIpc) is 2.31. The van der Waals surface area contributed by atoms with E-state index in [0.29, 0.717) is 0 Å². The van der Waals surface area contributed by atoms with Gasteiger partial charge in [0.15, 0.2) is 11.5 Å². The average molecular weight is 268 g/mol. The Balaban J connectivity index is 2.91. The van der Waals surface area contributed by atoms with Crippen molar-refractivity contribution in [3.05, 3.63) is 23.8 Å². The van der Waals surface area contributed by atoms with Crippen LogP contribution < -0.4 is 11.1 Å². The fourth-order valence-electron chi connectivity index (χ4n) is 1.35. The van der Waals surface area contributed by atoms with Gasteiger partial charge in [-0.25, -0.2) is 4.79 Å². The molecule has 0 fully saturated rings. The molecule has 2 amide bonds. The highest BCUT2D eigenvalue weighted by Crippen LogP contribution is 2.28. The molecule has 1 aromatic rings. The van der Waals surface area contributed by atoms with Crippen LogP contribution in [0.25, 0.3) is 0 Å². The van der Waals surface area contributed by atoms with Crippen LogP contribution in [0.4, 0.5) is 0 Å². The molecule has 0 aromatic heterocycles. The maximum atomic E-state index is 11.7. The van der Waals surface area contributed by atoms with Gasteiger partial charge >= 0.3 is 5.97 Å². The Labute approximate surface area is 107 Å². The monoisotopic (exact) mass is 268 g/mol. The molecule has 0 saturated heterocycles. The van der Waals surface area contributed by atoms with Gasteiger partial charge in [0.2, 0.25) is 5.91 Å². The summed E-state index contributed by atoms with van der Waals surface area (Å²) < 4.78 is 0. The standard InChI is InChI=1S/C11H12N2O6/c12-8(15)4-6(11(18)19)13-10(17)5-2-1-3-7(14)9(5)16/h1-3,6,14,16H,4H2,(H2,12,15)(H,13,17)(H,18,19)/t6-/m1/s1. The first kappa shape index (κ1) is 14.3. The van der Waals surface area contributed by atoms with Crippen molar-refractivity contribution < 1.29 is 29.7 Å². The van der Waals surface area contributed by atoms with E-state index in [1.807, 2.05) is 5.32 Å². The van der Waals surface area contributed by atoms with E-state index in [4.69, 9.17) is 10.8 Å². The molecule has 1 aromatic carbocycles. The minimum Gasteiger partial charge on any atom is -0.504 e. The zero-order valence-corrected chi connectivity index (χ0v) is 9.66. The lowest BCUT2D eigenvalue weighted by molar-refractivity contribution is -0.140. The molecule has 1 atom stereocenters. The molecular weight excluding hydrogens is 256 g/mol. The van der Waals surface area contributed by atoms with Crippen molar-refractivity contribution in [2.24, 2.45) is 5.73 Å². The topological polar surface area (TPSA) is 150 Å². The molecule has 102 valence electrons. The Morgan fingerprint density at radius 2 is 1.89 bits per heavy atom. The van der Waals surface area contributed by atoms with E-state index >= 15 is 0 Å². The van der Waals surface area contributed by atoms with Gasteiger partial charge in [-0.2, -0.15) is 0 Å². The number of aliphatic carboxylic acids is 1. The van der Waals surface area contributed by atoms with Crippen LogP contribution in [0, 0.1) is 0 Å². The van der Waals surface area contributed by atoms with Gasteiger partial charge in [-0.05, 0) is 12.1 Å². The highest BCUT2D eigenvalue weighted by molar-refractivity contribution is 6.00. The number of phenolic OH excluding ortho intramolecular Hbond substituents is 2.